The highest BCUT2D eigenvalue weighted by molar-refractivity contribution is 4.94. The van der Waals surface area contributed by atoms with Crippen molar-refractivity contribution >= 4 is 0 Å². The molecule has 1 N–H and O–H groups in total. The molecule has 2 heteroatoms. The van der Waals surface area contributed by atoms with Gasteiger partial charge in [-0.15, -0.1) is 0 Å². The summed E-state index contributed by atoms with van der Waals surface area (Å²) in [5.41, 5.74) is 1.40. The van der Waals surface area contributed by atoms with Crippen LogP contribution >= 0.6 is 0 Å². The van der Waals surface area contributed by atoms with Crippen LogP contribution in [0.4, 0.5) is 0 Å². The Morgan fingerprint density at radius 2 is 2.00 bits per heavy atom. The zero-order valence-electron chi connectivity index (χ0n) is 10.4. The Morgan fingerprint density at radius 3 is 2.43 bits per heavy atom. The number of nitrogens with zero attached hydrogens (tertiary/aromatic N) is 1. The van der Waals surface area contributed by atoms with Crippen molar-refractivity contribution < 1.29 is 0 Å². The van der Waals surface area contributed by atoms with E-state index in [1.807, 2.05) is 0 Å². The van der Waals surface area contributed by atoms with Gasteiger partial charge in [0.15, 0.2) is 0 Å². The third-order valence-corrected chi connectivity index (χ3v) is 2.19. The van der Waals surface area contributed by atoms with Crippen molar-refractivity contribution in [3.05, 3.63) is 11.6 Å². The van der Waals surface area contributed by atoms with Gasteiger partial charge in [-0.1, -0.05) is 32.4 Å². The summed E-state index contributed by atoms with van der Waals surface area (Å²) < 4.78 is 0. The molecule has 0 aliphatic carbocycles. The van der Waals surface area contributed by atoms with Crippen LogP contribution in [0.5, 0.6) is 0 Å². The van der Waals surface area contributed by atoms with Gasteiger partial charge >= 0.3 is 0 Å². The minimum atomic E-state index is 0.595. The summed E-state index contributed by atoms with van der Waals surface area (Å²) in [7, 11) is 0. The topological polar surface area (TPSA) is 15.3 Å². The predicted molar refractivity (Wildman–Crippen MR) is 64.7 cm³/mol. The summed E-state index contributed by atoms with van der Waals surface area (Å²) in [6.07, 6.45) is 2.29. The average molecular weight is 198 g/mol. The van der Waals surface area contributed by atoms with Gasteiger partial charge in [0.25, 0.3) is 0 Å². The highest BCUT2D eigenvalue weighted by atomic mass is 15.1. The molecule has 0 heterocycles. The molecule has 0 unspecified atom stereocenters. The van der Waals surface area contributed by atoms with Crippen LogP contribution < -0.4 is 5.32 Å². The first-order valence-corrected chi connectivity index (χ1v) is 5.65. The molecule has 0 aliphatic heterocycles. The molecule has 0 aromatic rings. The molecule has 2 nitrogen and oxygen atoms in total. The quantitative estimate of drug-likeness (QED) is 0.631. The van der Waals surface area contributed by atoms with Gasteiger partial charge in [-0.2, -0.15) is 0 Å². The maximum absolute atomic E-state index is 3.44. The molecule has 0 amide bonds. The molecule has 0 bridgehead atoms. The van der Waals surface area contributed by atoms with Gasteiger partial charge in [-0.25, -0.2) is 0 Å². The van der Waals surface area contributed by atoms with E-state index < -0.39 is 0 Å². The fourth-order valence-corrected chi connectivity index (χ4v) is 1.20. The summed E-state index contributed by atoms with van der Waals surface area (Å²) in [6, 6.07) is 0.595. The summed E-state index contributed by atoms with van der Waals surface area (Å²) in [5.74, 6) is 0. The zero-order chi connectivity index (χ0) is 11.0. The first-order chi connectivity index (χ1) is 6.56. The number of hydrogen-bond donors (Lipinski definition) is 1. The molecule has 0 atom stereocenters. The molecule has 0 saturated heterocycles. The monoisotopic (exact) mass is 198 g/mol. The number of rotatable bonds is 7. The van der Waals surface area contributed by atoms with E-state index in [-0.39, 0.29) is 0 Å². The summed E-state index contributed by atoms with van der Waals surface area (Å²) in [5, 5.41) is 3.44. The van der Waals surface area contributed by atoms with E-state index in [4.69, 9.17) is 0 Å². The molecule has 0 fully saturated rings. The second-order valence-electron chi connectivity index (χ2n) is 4.28. The fourth-order valence-electron chi connectivity index (χ4n) is 1.20. The van der Waals surface area contributed by atoms with Crippen molar-refractivity contribution in [2.75, 3.05) is 26.2 Å². The molecule has 84 valence electrons. The number of nitrogens with one attached hydrogen (secondary N) is 1. The average Bonchev–Trinajstić information content (AvgIpc) is 2.10. The highest BCUT2D eigenvalue weighted by Crippen LogP contribution is 1.93. The Balaban J connectivity index is 3.63. The lowest BCUT2D eigenvalue weighted by Gasteiger charge is -2.19. The van der Waals surface area contributed by atoms with Crippen LogP contribution in [0.15, 0.2) is 11.6 Å². The van der Waals surface area contributed by atoms with Crippen molar-refractivity contribution in [3.8, 4) is 0 Å². The molecular weight excluding hydrogens is 172 g/mol. The van der Waals surface area contributed by atoms with Crippen molar-refractivity contribution in [2.45, 2.75) is 40.7 Å². The summed E-state index contributed by atoms with van der Waals surface area (Å²) >= 11 is 0. The van der Waals surface area contributed by atoms with Crippen molar-refractivity contribution in [3.63, 3.8) is 0 Å². The lowest BCUT2D eigenvalue weighted by Crippen LogP contribution is -2.35. The Bertz CT molecular complexity index is 158. The molecule has 0 rings (SSSR count). The standard InChI is InChI=1S/C12H26N2/c1-6-14(9-7-11(2)3)10-8-13-12(4)5/h7,12-13H,6,8-10H2,1-5H3. The number of hydrogen-bond acceptors (Lipinski definition) is 2. The van der Waals surface area contributed by atoms with E-state index in [1.165, 1.54) is 5.57 Å². The highest BCUT2D eigenvalue weighted by Gasteiger charge is 1.99. The minimum Gasteiger partial charge on any atom is -0.313 e. The van der Waals surface area contributed by atoms with E-state index in [9.17, 15) is 0 Å². The van der Waals surface area contributed by atoms with Crippen LogP contribution in [0.3, 0.4) is 0 Å². The van der Waals surface area contributed by atoms with Crippen LogP contribution in [0.1, 0.15) is 34.6 Å². The van der Waals surface area contributed by atoms with Crippen LogP contribution in [0, 0.1) is 0 Å². The van der Waals surface area contributed by atoms with Crippen LogP contribution in [-0.2, 0) is 0 Å². The predicted octanol–water partition coefficient (Wildman–Crippen LogP) is 2.27. The van der Waals surface area contributed by atoms with Crippen LogP contribution in [0.25, 0.3) is 0 Å². The van der Waals surface area contributed by atoms with Gasteiger partial charge in [0.2, 0.25) is 0 Å². The lowest BCUT2D eigenvalue weighted by atomic mass is 10.3. The van der Waals surface area contributed by atoms with Gasteiger partial charge in [0.05, 0.1) is 0 Å². The van der Waals surface area contributed by atoms with E-state index in [0.717, 1.165) is 26.2 Å². The van der Waals surface area contributed by atoms with Gasteiger partial charge in [0, 0.05) is 25.7 Å². The molecule has 0 aliphatic rings. The number of allylic oxidation sites excluding steroid dienone is 1. The van der Waals surface area contributed by atoms with E-state index in [1.54, 1.807) is 0 Å². The molecule has 0 aromatic heterocycles. The Kier molecular flexibility index (Phi) is 7.81. The maximum atomic E-state index is 3.44. The Hall–Kier alpha value is -0.340. The second kappa shape index (κ2) is 8.01. The molecular formula is C12H26N2. The smallest absolute Gasteiger partial charge is 0.0166 e. The van der Waals surface area contributed by atoms with E-state index in [2.05, 4.69) is 50.9 Å². The Morgan fingerprint density at radius 1 is 1.36 bits per heavy atom. The largest absolute Gasteiger partial charge is 0.313 e. The van der Waals surface area contributed by atoms with Gasteiger partial charge in [-0.3, -0.25) is 4.90 Å². The van der Waals surface area contributed by atoms with Crippen molar-refractivity contribution in [1.82, 2.24) is 10.2 Å². The third-order valence-electron chi connectivity index (χ3n) is 2.19. The molecule has 0 spiro atoms. The van der Waals surface area contributed by atoms with Crippen molar-refractivity contribution in [1.29, 1.82) is 0 Å². The first-order valence-electron chi connectivity index (χ1n) is 5.65. The van der Waals surface area contributed by atoms with Gasteiger partial charge in [-0.05, 0) is 20.4 Å². The van der Waals surface area contributed by atoms with Crippen LogP contribution in [-0.4, -0.2) is 37.1 Å². The van der Waals surface area contributed by atoms with E-state index >= 15 is 0 Å². The third kappa shape index (κ3) is 8.27. The van der Waals surface area contributed by atoms with E-state index in [0.29, 0.717) is 6.04 Å². The van der Waals surface area contributed by atoms with Gasteiger partial charge < -0.3 is 5.32 Å². The lowest BCUT2D eigenvalue weighted by molar-refractivity contribution is 0.312. The minimum absolute atomic E-state index is 0.595. The number of likely N-dealkylation sites (N-methyl/N-ethyl adjacent to an activating group) is 1. The molecule has 0 aromatic carbocycles. The SMILES string of the molecule is CCN(CC=C(C)C)CCNC(C)C. The van der Waals surface area contributed by atoms with Gasteiger partial charge in [0.1, 0.15) is 0 Å². The van der Waals surface area contributed by atoms with Crippen LogP contribution in [0.2, 0.25) is 0 Å². The summed E-state index contributed by atoms with van der Waals surface area (Å²) in [6.45, 7) is 15.3. The first kappa shape index (κ1) is 13.7. The second-order valence-corrected chi connectivity index (χ2v) is 4.28. The van der Waals surface area contributed by atoms with Crippen molar-refractivity contribution in [2.24, 2.45) is 0 Å². The maximum Gasteiger partial charge on any atom is 0.0166 e. The molecule has 0 saturated carbocycles. The normalized spacial score (nSPS) is 11.1. The molecule has 14 heavy (non-hydrogen) atoms. The fraction of sp³-hybridized carbons (Fsp3) is 0.833. The zero-order valence-corrected chi connectivity index (χ0v) is 10.4. The molecule has 0 radical (unpaired) electrons. The Labute approximate surface area is 89.4 Å². The summed E-state index contributed by atoms with van der Waals surface area (Å²) in [4.78, 5) is 2.45.